The lowest BCUT2D eigenvalue weighted by Gasteiger charge is -2.31. The minimum absolute atomic E-state index is 0.115. The maximum Gasteiger partial charge on any atom is 0.233 e. The van der Waals surface area contributed by atoms with Crippen molar-refractivity contribution in [2.75, 3.05) is 6.54 Å². The highest BCUT2D eigenvalue weighted by Crippen LogP contribution is 2.25. The molecule has 0 bridgehead atoms. The van der Waals surface area contributed by atoms with Crippen LogP contribution in [0.2, 0.25) is 0 Å². The molecule has 1 atom stereocenters. The smallest absolute Gasteiger partial charge is 0.233 e. The Morgan fingerprint density at radius 3 is 2.89 bits per heavy atom. The van der Waals surface area contributed by atoms with Crippen molar-refractivity contribution in [1.29, 1.82) is 0 Å². The molecule has 0 amide bonds. The third kappa shape index (κ3) is 2.35. The summed E-state index contributed by atoms with van der Waals surface area (Å²) in [5.41, 5.74) is 2.36. The molecule has 100 valence electrons. The van der Waals surface area contributed by atoms with Crippen molar-refractivity contribution in [1.82, 2.24) is 25.1 Å². The maximum atomic E-state index is 5.51. The van der Waals surface area contributed by atoms with Gasteiger partial charge in [0, 0.05) is 26.2 Å². The van der Waals surface area contributed by atoms with Crippen molar-refractivity contribution in [3.63, 3.8) is 0 Å². The van der Waals surface area contributed by atoms with E-state index in [1.807, 2.05) is 20.0 Å². The summed E-state index contributed by atoms with van der Waals surface area (Å²) < 4.78 is 5.51. The van der Waals surface area contributed by atoms with Gasteiger partial charge in [-0.3, -0.25) is 4.90 Å². The van der Waals surface area contributed by atoms with Gasteiger partial charge >= 0.3 is 0 Å². The number of aromatic nitrogens is 4. The van der Waals surface area contributed by atoms with Gasteiger partial charge in [-0.2, -0.15) is 0 Å². The number of hydrogen-bond donors (Lipinski definition) is 0. The molecule has 6 heteroatoms. The Morgan fingerprint density at radius 2 is 2.16 bits per heavy atom. The number of fused-ring (bicyclic) bond motifs is 1. The monoisotopic (exact) mass is 259 g/mol. The normalized spacial score (nSPS) is 17.2. The predicted octanol–water partition coefficient (Wildman–Crippen LogP) is 1.60. The summed E-state index contributed by atoms with van der Waals surface area (Å²) in [5.74, 6) is 2.10. The molecule has 0 aromatic carbocycles. The van der Waals surface area contributed by atoms with Gasteiger partial charge in [-0.1, -0.05) is 0 Å². The van der Waals surface area contributed by atoms with Crippen molar-refractivity contribution in [2.24, 2.45) is 0 Å². The van der Waals surface area contributed by atoms with Crippen LogP contribution >= 0.6 is 0 Å². The molecular formula is C13H17N5O. The molecule has 0 saturated heterocycles. The van der Waals surface area contributed by atoms with E-state index in [2.05, 4.69) is 32.0 Å². The van der Waals surface area contributed by atoms with Crippen LogP contribution in [0, 0.1) is 13.8 Å². The van der Waals surface area contributed by atoms with Crippen molar-refractivity contribution in [3.8, 4) is 0 Å². The minimum Gasteiger partial charge on any atom is -0.424 e. The van der Waals surface area contributed by atoms with Crippen molar-refractivity contribution in [2.45, 2.75) is 39.8 Å². The fourth-order valence-electron chi connectivity index (χ4n) is 2.39. The van der Waals surface area contributed by atoms with E-state index in [0.717, 1.165) is 31.0 Å². The minimum atomic E-state index is 0.115. The molecule has 19 heavy (non-hydrogen) atoms. The van der Waals surface area contributed by atoms with Crippen LogP contribution in [0.1, 0.15) is 41.8 Å². The molecule has 0 spiro atoms. The summed E-state index contributed by atoms with van der Waals surface area (Å²) in [6.07, 6.45) is 2.91. The zero-order valence-corrected chi connectivity index (χ0v) is 11.4. The molecule has 3 rings (SSSR count). The van der Waals surface area contributed by atoms with Gasteiger partial charge in [0.05, 0.1) is 11.7 Å². The molecule has 0 unspecified atom stereocenters. The SMILES string of the molecule is Cc1ncc2c(n1)CN([C@@H](C)c1nnc(C)o1)CC2. The molecule has 2 aromatic rings. The number of aryl methyl sites for hydroxylation is 2. The van der Waals surface area contributed by atoms with E-state index in [1.165, 1.54) is 5.56 Å². The van der Waals surface area contributed by atoms with Gasteiger partial charge < -0.3 is 4.42 Å². The summed E-state index contributed by atoms with van der Waals surface area (Å²) in [5, 5.41) is 8.00. The average Bonchev–Trinajstić information content (AvgIpc) is 2.83. The van der Waals surface area contributed by atoms with Gasteiger partial charge in [0.2, 0.25) is 11.8 Å². The van der Waals surface area contributed by atoms with Crippen LogP contribution in [0.5, 0.6) is 0 Å². The Kier molecular flexibility index (Phi) is 3.02. The van der Waals surface area contributed by atoms with Crippen molar-refractivity contribution >= 4 is 0 Å². The lowest BCUT2D eigenvalue weighted by Crippen LogP contribution is -2.34. The molecule has 0 aliphatic carbocycles. The predicted molar refractivity (Wildman–Crippen MR) is 68.3 cm³/mol. The molecule has 2 aromatic heterocycles. The van der Waals surface area contributed by atoms with Crippen LogP contribution in [0.3, 0.4) is 0 Å². The fourth-order valence-corrected chi connectivity index (χ4v) is 2.39. The second-order valence-corrected chi connectivity index (χ2v) is 4.94. The van der Waals surface area contributed by atoms with Crippen LogP contribution in [0.25, 0.3) is 0 Å². The van der Waals surface area contributed by atoms with Gasteiger partial charge in [-0.05, 0) is 25.8 Å². The molecule has 0 fully saturated rings. The molecule has 0 N–H and O–H groups in total. The van der Waals surface area contributed by atoms with E-state index >= 15 is 0 Å². The van der Waals surface area contributed by atoms with Crippen LogP contribution in [0.15, 0.2) is 10.6 Å². The lowest BCUT2D eigenvalue weighted by atomic mass is 10.1. The van der Waals surface area contributed by atoms with E-state index < -0.39 is 0 Å². The lowest BCUT2D eigenvalue weighted by molar-refractivity contribution is 0.162. The number of hydrogen-bond acceptors (Lipinski definition) is 6. The first kappa shape index (κ1) is 12.2. The number of nitrogens with zero attached hydrogens (tertiary/aromatic N) is 5. The fraction of sp³-hybridized carbons (Fsp3) is 0.538. The largest absolute Gasteiger partial charge is 0.424 e. The Balaban J connectivity index is 1.81. The Morgan fingerprint density at radius 1 is 1.32 bits per heavy atom. The van der Waals surface area contributed by atoms with Crippen LogP contribution in [0.4, 0.5) is 0 Å². The third-order valence-corrected chi connectivity index (χ3v) is 3.54. The van der Waals surface area contributed by atoms with Gasteiger partial charge in [0.25, 0.3) is 0 Å². The van der Waals surface area contributed by atoms with E-state index in [0.29, 0.717) is 11.8 Å². The zero-order valence-electron chi connectivity index (χ0n) is 11.4. The van der Waals surface area contributed by atoms with Crippen molar-refractivity contribution < 1.29 is 4.42 Å². The van der Waals surface area contributed by atoms with Crippen LogP contribution in [-0.2, 0) is 13.0 Å². The Bertz CT molecular complexity index is 594. The highest BCUT2D eigenvalue weighted by Gasteiger charge is 2.25. The quantitative estimate of drug-likeness (QED) is 0.816. The molecular weight excluding hydrogens is 242 g/mol. The van der Waals surface area contributed by atoms with E-state index in [1.54, 1.807) is 0 Å². The Labute approximate surface area is 111 Å². The molecule has 6 nitrogen and oxygen atoms in total. The first-order chi connectivity index (χ1) is 9.13. The summed E-state index contributed by atoms with van der Waals surface area (Å²) in [7, 11) is 0. The van der Waals surface area contributed by atoms with E-state index in [9.17, 15) is 0 Å². The molecule has 1 aliphatic rings. The molecule has 0 saturated carbocycles. The second-order valence-electron chi connectivity index (χ2n) is 4.94. The Hall–Kier alpha value is -1.82. The maximum absolute atomic E-state index is 5.51. The highest BCUT2D eigenvalue weighted by molar-refractivity contribution is 5.20. The van der Waals surface area contributed by atoms with E-state index in [4.69, 9.17) is 4.42 Å². The molecule has 0 radical (unpaired) electrons. The van der Waals surface area contributed by atoms with E-state index in [-0.39, 0.29) is 6.04 Å². The zero-order chi connectivity index (χ0) is 13.4. The summed E-state index contributed by atoms with van der Waals surface area (Å²) in [6.45, 7) is 7.59. The second kappa shape index (κ2) is 4.70. The number of rotatable bonds is 2. The van der Waals surface area contributed by atoms with Crippen LogP contribution in [-0.4, -0.2) is 31.6 Å². The van der Waals surface area contributed by atoms with Gasteiger partial charge in [0.15, 0.2) is 0 Å². The standard InChI is InChI=1S/C13H17N5O/c1-8(13-17-16-10(3)19-13)18-5-4-11-6-14-9(2)15-12(11)7-18/h6,8H,4-5,7H2,1-3H3/t8-/m0/s1. The topological polar surface area (TPSA) is 67.9 Å². The summed E-state index contributed by atoms with van der Waals surface area (Å²) in [4.78, 5) is 11.1. The summed E-state index contributed by atoms with van der Waals surface area (Å²) >= 11 is 0. The molecule has 3 heterocycles. The van der Waals surface area contributed by atoms with Gasteiger partial charge in [-0.25, -0.2) is 9.97 Å². The highest BCUT2D eigenvalue weighted by atomic mass is 16.4. The molecule has 1 aliphatic heterocycles. The van der Waals surface area contributed by atoms with Gasteiger partial charge in [-0.15, -0.1) is 10.2 Å². The first-order valence-electron chi connectivity index (χ1n) is 6.49. The third-order valence-electron chi connectivity index (χ3n) is 3.54. The van der Waals surface area contributed by atoms with Gasteiger partial charge in [0.1, 0.15) is 5.82 Å². The first-order valence-corrected chi connectivity index (χ1v) is 6.49. The average molecular weight is 259 g/mol. The van der Waals surface area contributed by atoms with Crippen LogP contribution < -0.4 is 0 Å². The summed E-state index contributed by atoms with van der Waals surface area (Å²) in [6, 6.07) is 0.115. The van der Waals surface area contributed by atoms with Crippen molar-refractivity contribution in [3.05, 3.63) is 35.1 Å².